The third-order valence-electron chi connectivity index (χ3n) is 6.37. The number of fused-ring (bicyclic) bond motifs is 1. The van der Waals surface area contributed by atoms with E-state index in [0.717, 1.165) is 24.0 Å². The largest absolute Gasteiger partial charge is 0.326 e. The Hall–Kier alpha value is -2.97. The molecule has 1 fully saturated rings. The number of benzene rings is 2. The Morgan fingerprint density at radius 1 is 1.03 bits per heavy atom. The van der Waals surface area contributed by atoms with Gasteiger partial charge in [-0.25, -0.2) is 8.42 Å². The molecule has 2 aromatic carbocycles. The van der Waals surface area contributed by atoms with E-state index in [1.165, 1.54) is 23.4 Å². The van der Waals surface area contributed by atoms with Crippen LogP contribution >= 0.6 is 0 Å². The molecule has 0 aromatic heterocycles. The fourth-order valence-electron chi connectivity index (χ4n) is 4.39. The zero-order valence-corrected chi connectivity index (χ0v) is 19.7. The molecule has 2 aliphatic rings. The molecule has 2 aliphatic heterocycles. The van der Waals surface area contributed by atoms with Crippen LogP contribution in [0.2, 0.25) is 0 Å². The van der Waals surface area contributed by atoms with Gasteiger partial charge in [0.25, 0.3) is 0 Å². The fourth-order valence-corrected chi connectivity index (χ4v) is 5.86. The van der Waals surface area contributed by atoms with Crippen LogP contribution in [0.4, 0.5) is 5.69 Å². The number of hydrogen-bond donors (Lipinski definition) is 1. The number of anilines is 1. The Kier molecular flexibility index (Phi) is 6.67. The number of piperidine rings is 1. The summed E-state index contributed by atoms with van der Waals surface area (Å²) in [5, 5.41) is 2.83. The molecule has 0 spiro atoms. The van der Waals surface area contributed by atoms with Gasteiger partial charge in [-0.05, 0) is 60.2 Å². The number of carbonyl (C=O) groups excluding carboxylic acids is 2. The Balaban J connectivity index is 1.45. The molecular formula is C25H29N3O4S. The summed E-state index contributed by atoms with van der Waals surface area (Å²) in [4.78, 5) is 26.7. The molecule has 1 N–H and O–H groups in total. The molecule has 0 aliphatic carbocycles. The number of rotatable bonds is 5. The third-order valence-corrected chi connectivity index (χ3v) is 8.28. The summed E-state index contributed by atoms with van der Waals surface area (Å²) in [7, 11) is -3.53. The van der Waals surface area contributed by atoms with Crippen molar-refractivity contribution in [2.24, 2.45) is 5.92 Å². The average Bonchev–Trinajstić information content (AvgIpc) is 2.79. The van der Waals surface area contributed by atoms with Crippen molar-refractivity contribution in [1.82, 2.24) is 9.21 Å². The predicted molar refractivity (Wildman–Crippen MR) is 128 cm³/mol. The molecule has 2 aromatic rings. The lowest BCUT2D eigenvalue weighted by atomic mass is 9.93. The predicted octanol–water partition coefficient (Wildman–Crippen LogP) is 4.01. The second kappa shape index (κ2) is 9.49. The zero-order chi connectivity index (χ0) is 23.6. The first kappa shape index (κ1) is 23.2. The maximum Gasteiger partial charge on any atom is 0.243 e. The third kappa shape index (κ3) is 5.02. The highest BCUT2D eigenvalue weighted by molar-refractivity contribution is 7.89. The standard InChI is InChI=1S/C25H29N3O4S/c1-18-11-14-27(15-12-18)33(31,32)22-9-7-21(8-10-22)26-25(30)17-24-23-6-4-3-5-20(23)13-16-28(24)19(2)29/h3-10,13,16,18,24H,11-12,14-15,17H2,1-2H3,(H,26,30)/t24-/m1/s1. The molecular weight excluding hydrogens is 438 g/mol. The van der Waals surface area contributed by atoms with Crippen molar-refractivity contribution in [2.75, 3.05) is 18.4 Å². The first-order valence-electron chi connectivity index (χ1n) is 11.2. The van der Waals surface area contributed by atoms with Crippen molar-refractivity contribution in [1.29, 1.82) is 0 Å². The van der Waals surface area contributed by atoms with Gasteiger partial charge in [-0.15, -0.1) is 0 Å². The van der Waals surface area contributed by atoms with E-state index in [4.69, 9.17) is 0 Å². The van der Waals surface area contributed by atoms with Gasteiger partial charge in [0.05, 0.1) is 17.4 Å². The SMILES string of the molecule is CC(=O)N1C=Cc2ccccc2[C@H]1CC(=O)Nc1ccc(S(=O)(=O)N2CCC(C)CC2)cc1. The van der Waals surface area contributed by atoms with Gasteiger partial charge < -0.3 is 10.2 Å². The van der Waals surface area contributed by atoms with Crippen LogP contribution in [0.15, 0.2) is 59.6 Å². The average molecular weight is 468 g/mol. The van der Waals surface area contributed by atoms with Gasteiger partial charge >= 0.3 is 0 Å². The highest BCUT2D eigenvalue weighted by Crippen LogP contribution is 2.33. The van der Waals surface area contributed by atoms with Gasteiger partial charge in [0, 0.05) is 31.9 Å². The lowest BCUT2D eigenvalue weighted by molar-refractivity contribution is -0.129. The summed E-state index contributed by atoms with van der Waals surface area (Å²) in [6.45, 7) is 4.68. The molecule has 0 bridgehead atoms. The first-order valence-corrected chi connectivity index (χ1v) is 12.7. The van der Waals surface area contributed by atoms with E-state index in [9.17, 15) is 18.0 Å². The van der Waals surface area contributed by atoms with Crippen LogP contribution in [0.25, 0.3) is 6.08 Å². The number of hydrogen-bond acceptors (Lipinski definition) is 4. The number of amides is 2. The molecule has 33 heavy (non-hydrogen) atoms. The van der Waals surface area contributed by atoms with Gasteiger partial charge in [0.2, 0.25) is 21.8 Å². The number of nitrogens with zero attached hydrogens (tertiary/aromatic N) is 2. The topological polar surface area (TPSA) is 86.8 Å². The quantitative estimate of drug-likeness (QED) is 0.720. The molecule has 0 unspecified atom stereocenters. The summed E-state index contributed by atoms with van der Waals surface area (Å²) in [6.07, 6.45) is 5.40. The van der Waals surface area contributed by atoms with E-state index in [-0.39, 0.29) is 23.1 Å². The second-order valence-corrected chi connectivity index (χ2v) is 10.7. The summed E-state index contributed by atoms with van der Waals surface area (Å²) in [6, 6.07) is 13.6. The monoisotopic (exact) mass is 467 g/mol. The molecule has 4 rings (SSSR count). The van der Waals surface area contributed by atoms with Gasteiger partial charge in [-0.1, -0.05) is 31.2 Å². The van der Waals surface area contributed by atoms with Crippen LogP contribution in [0.3, 0.4) is 0 Å². The summed E-state index contributed by atoms with van der Waals surface area (Å²) in [5.74, 6) is 0.150. The minimum Gasteiger partial charge on any atom is -0.326 e. The minimum atomic E-state index is -3.53. The van der Waals surface area contributed by atoms with Gasteiger partial charge in [-0.3, -0.25) is 9.59 Å². The second-order valence-electron chi connectivity index (χ2n) is 8.75. The molecule has 2 amide bonds. The zero-order valence-electron chi connectivity index (χ0n) is 18.9. The van der Waals surface area contributed by atoms with E-state index < -0.39 is 16.1 Å². The van der Waals surface area contributed by atoms with Crippen LogP contribution in [0.1, 0.15) is 50.3 Å². The van der Waals surface area contributed by atoms with Crippen LogP contribution in [-0.2, 0) is 19.6 Å². The van der Waals surface area contributed by atoms with Crippen molar-refractivity contribution >= 4 is 33.6 Å². The first-order chi connectivity index (χ1) is 15.8. The van der Waals surface area contributed by atoms with Crippen molar-refractivity contribution in [3.63, 3.8) is 0 Å². The summed E-state index contributed by atoms with van der Waals surface area (Å²) in [5.41, 5.74) is 2.41. The Morgan fingerprint density at radius 2 is 1.70 bits per heavy atom. The minimum absolute atomic E-state index is 0.0902. The number of nitrogens with one attached hydrogen (secondary N) is 1. The van der Waals surface area contributed by atoms with Crippen molar-refractivity contribution in [2.45, 2.75) is 44.0 Å². The number of sulfonamides is 1. The van der Waals surface area contributed by atoms with E-state index in [1.54, 1.807) is 23.2 Å². The smallest absolute Gasteiger partial charge is 0.243 e. The fraction of sp³-hybridized carbons (Fsp3) is 0.360. The maximum atomic E-state index is 12.9. The Labute approximate surface area is 195 Å². The molecule has 2 heterocycles. The van der Waals surface area contributed by atoms with Gasteiger partial charge in [0.15, 0.2) is 0 Å². The van der Waals surface area contributed by atoms with Crippen LogP contribution in [0, 0.1) is 5.92 Å². The maximum absolute atomic E-state index is 12.9. The van der Waals surface area contributed by atoms with E-state index >= 15 is 0 Å². The van der Waals surface area contributed by atoms with Crippen LogP contribution in [-0.4, -0.2) is 42.5 Å². The van der Waals surface area contributed by atoms with Crippen LogP contribution in [0.5, 0.6) is 0 Å². The van der Waals surface area contributed by atoms with E-state index in [0.29, 0.717) is 24.7 Å². The van der Waals surface area contributed by atoms with E-state index in [1.807, 2.05) is 30.3 Å². The Bertz CT molecular complexity index is 1170. The molecule has 7 nitrogen and oxygen atoms in total. The molecule has 0 saturated carbocycles. The molecule has 1 saturated heterocycles. The lowest BCUT2D eigenvalue weighted by Gasteiger charge is -2.32. The normalized spacial score (nSPS) is 19.2. The molecule has 174 valence electrons. The van der Waals surface area contributed by atoms with Gasteiger partial charge in [-0.2, -0.15) is 4.31 Å². The highest BCUT2D eigenvalue weighted by Gasteiger charge is 2.29. The van der Waals surface area contributed by atoms with Crippen molar-refractivity contribution in [3.05, 3.63) is 65.9 Å². The van der Waals surface area contributed by atoms with Crippen LogP contribution < -0.4 is 5.32 Å². The lowest BCUT2D eigenvalue weighted by Crippen LogP contribution is -2.37. The van der Waals surface area contributed by atoms with E-state index in [2.05, 4.69) is 12.2 Å². The summed E-state index contributed by atoms with van der Waals surface area (Å²) >= 11 is 0. The number of carbonyl (C=O) groups is 2. The van der Waals surface area contributed by atoms with Crippen molar-refractivity contribution in [3.8, 4) is 0 Å². The molecule has 8 heteroatoms. The highest BCUT2D eigenvalue weighted by atomic mass is 32.2. The molecule has 0 radical (unpaired) electrons. The van der Waals surface area contributed by atoms with Crippen molar-refractivity contribution < 1.29 is 18.0 Å². The van der Waals surface area contributed by atoms with Gasteiger partial charge in [0.1, 0.15) is 0 Å². The Morgan fingerprint density at radius 3 is 2.36 bits per heavy atom. The molecule has 1 atom stereocenters. The summed E-state index contributed by atoms with van der Waals surface area (Å²) < 4.78 is 27.3.